The first kappa shape index (κ1) is 16.8. The van der Waals surface area contributed by atoms with Gasteiger partial charge in [-0.15, -0.1) is 0 Å². The minimum Gasteiger partial charge on any atom is -0.469 e. The van der Waals surface area contributed by atoms with Gasteiger partial charge in [-0.25, -0.2) is 0 Å². The summed E-state index contributed by atoms with van der Waals surface area (Å²) < 4.78 is 5.12. The van der Waals surface area contributed by atoms with Gasteiger partial charge in [0.15, 0.2) is 0 Å². The molecule has 1 aromatic carbocycles. The first-order valence-corrected chi connectivity index (χ1v) is 7.73. The maximum absolute atomic E-state index is 12.0. The molecule has 122 valence electrons. The van der Waals surface area contributed by atoms with Gasteiger partial charge < -0.3 is 15.1 Å². The van der Waals surface area contributed by atoms with Gasteiger partial charge in [0.25, 0.3) is 11.8 Å². The lowest BCUT2D eigenvalue weighted by atomic mass is 10.1. The Hall–Kier alpha value is -2.56. The predicted octanol–water partition coefficient (Wildman–Crippen LogP) is 3.05. The van der Waals surface area contributed by atoms with Crippen molar-refractivity contribution >= 4 is 11.8 Å². The number of nitrogens with one attached hydrogen (secondary N) is 2. The van der Waals surface area contributed by atoms with Crippen LogP contribution in [0.1, 0.15) is 52.3 Å². The number of benzene rings is 1. The van der Waals surface area contributed by atoms with E-state index in [1.54, 1.807) is 25.1 Å². The lowest BCUT2D eigenvalue weighted by Gasteiger charge is -2.11. The molecule has 1 aromatic heterocycles. The highest BCUT2D eigenvalue weighted by Crippen LogP contribution is 2.09. The normalized spacial score (nSPS) is 11.8. The molecular weight excluding hydrogens is 292 g/mol. The average molecular weight is 314 g/mol. The van der Waals surface area contributed by atoms with Crippen molar-refractivity contribution in [2.75, 3.05) is 0 Å². The van der Waals surface area contributed by atoms with E-state index in [2.05, 4.69) is 10.6 Å². The molecule has 1 heterocycles. The molecule has 5 heteroatoms. The van der Waals surface area contributed by atoms with Crippen LogP contribution in [0.15, 0.2) is 41.0 Å². The lowest BCUT2D eigenvalue weighted by Crippen LogP contribution is -2.31. The van der Waals surface area contributed by atoms with Crippen LogP contribution < -0.4 is 10.6 Å². The molecule has 2 aromatic rings. The first-order chi connectivity index (χ1) is 11.0. The number of hydrogen-bond donors (Lipinski definition) is 2. The zero-order valence-electron chi connectivity index (χ0n) is 13.7. The second-order valence-electron chi connectivity index (χ2n) is 5.55. The molecule has 0 radical (unpaired) electrons. The molecule has 0 saturated carbocycles. The molecule has 0 spiro atoms. The van der Waals surface area contributed by atoms with Gasteiger partial charge in [0.05, 0.1) is 11.8 Å². The number of rotatable bonds is 6. The van der Waals surface area contributed by atoms with Crippen LogP contribution in [0.4, 0.5) is 0 Å². The maximum atomic E-state index is 12.0. The van der Waals surface area contributed by atoms with Gasteiger partial charge in [-0.05, 0) is 44.0 Å². The summed E-state index contributed by atoms with van der Waals surface area (Å²) in [6, 6.07) is 9.01. The highest BCUT2D eigenvalue weighted by molar-refractivity contribution is 5.95. The van der Waals surface area contributed by atoms with Crippen LogP contribution in [0.5, 0.6) is 0 Å². The molecule has 23 heavy (non-hydrogen) atoms. The number of carbonyl (C=O) groups is 2. The minimum absolute atomic E-state index is 0.0797. The molecule has 0 saturated heterocycles. The zero-order valence-corrected chi connectivity index (χ0v) is 13.7. The fraction of sp³-hybridized carbons (Fsp3) is 0.333. The van der Waals surface area contributed by atoms with Gasteiger partial charge in [0.1, 0.15) is 5.76 Å². The Bertz CT molecular complexity index is 674. The summed E-state index contributed by atoms with van der Waals surface area (Å²) in [5, 5.41) is 5.75. The third kappa shape index (κ3) is 4.45. The first-order valence-electron chi connectivity index (χ1n) is 7.73. The molecule has 2 rings (SSSR count). The SMILES string of the molecule is CC[C@H](C)NC(=O)c1ccc(CNC(=O)c2ccoc2C)cc1. The summed E-state index contributed by atoms with van der Waals surface area (Å²) >= 11 is 0. The van der Waals surface area contributed by atoms with Crippen LogP contribution in [0, 0.1) is 6.92 Å². The monoisotopic (exact) mass is 314 g/mol. The van der Waals surface area contributed by atoms with Gasteiger partial charge in [-0.2, -0.15) is 0 Å². The van der Waals surface area contributed by atoms with Gasteiger partial charge in [0, 0.05) is 18.2 Å². The zero-order chi connectivity index (χ0) is 16.8. The standard InChI is InChI=1S/C18H22N2O3/c1-4-12(2)20-17(21)15-7-5-14(6-8-15)11-19-18(22)16-9-10-23-13(16)3/h5-10,12H,4,11H2,1-3H3,(H,19,22)(H,20,21)/t12-/m0/s1. The Morgan fingerprint density at radius 3 is 2.39 bits per heavy atom. The summed E-state index contributed by atoms with van der Waals surface area (Å²) in [5.74, 6) is 0.346. The van der Waals surface area contributed by atoms with Crippen LogP contribution in [0.3, 0.4) is 0 Å². The van der Waals surface area contributed by atoms with Crippen molar-refractivity contribution < 1.29 is 14.0 Å². The quantitative estimate of drug-likeness (QED) is 0.861. The molecule has 0 fully saturated rings. The van der Waals surface area contributed by atoms with E-state index in [4.69, 9.17) is 4.42 Å². The van der Waals surface area contributed by atoms with E-state index in [9.17, 15) is 9.59 Å². The van der Waals surface area contributed by atoms with E-state index in [1.165, 1.54) is 6.26 Å². The molecule has 0 aliphatic rings. The fourth-order valence-corrected chi connectivity index (χ4v) is 2.08. The van der Waals surface area contributed by atoms with Gasteiger partial charge in [-0.1, -0.05) is 19.1 Å². The van der Waals surface area contributed by atoms with E-state index in [0.717, 1.165) is 12.0 Å². The Morgan fingerprint density at radius 1 is 1.13 bits per heavy atom. The topological polar surface area (TPSA) is 71.3 Å². The Balaban J connectivity index is 1.91. The summed E-state index contributed by atoms with van der Waals surface area (Å²) in [7, 11) is 0. The van der Waals surface area contributed by atoms with Crippen LogP contribution in [0.2, 0.25) is 0 Å². The number of aryl methyl sites for hydroxylation is 1. The minimum atomic E-state index is -0.171. The molecule has 0 aliphatic carbocycles. The predicted molar refractivity (Wildman–Crippen MR) is 88.3 cm³/mol. The number of furan rings is 1. The van der Waals surface area contributed by atoms with Crippen molar-refractivity contribution in [3.05, 3.63) is 59.0 Å². The van der Waals surface area contributed by atoms with Crippen molar-refractivity contribution in [2.24, 2.45) is 0 Å². The molecule has 0 unspecified atom stereocenters. The molecule has 0 aliphatic heterocycles. The van der Waals surface area contributed by atoms with Gasteiger partial charge >= 0.3 is 0 Å². The van der Waals surface area contributed by atoms with E-state index in [-0.39, 0.29) is 17.9 Å². The highest BCUT2D eigenvalue weighted by atomic mass is 16.3. The molecule has 5 nitrogen and oxygen atoms in total. The summed E-state index contributed by atoms with van der Waals surface area (Å²) in [5.41, 5.74) is 2.08. The van der Waals surface area contributed by atoms with Crippen LogP contribution in [0.25, 0.3) is 0 Å². The second-order valence-corrected chi connectivity index (χ2v) is 5.55. The third-order valence-electron chi connectivity index (χ3n) is 3.76. The van der Waals surface area contributed by atoms with E-state index < -0.39 is 0 Å². The fourth-order valence-electron chi connectivity index (χ4n) is 2.08. The number of amides is 2. The molecule has 2 N–H and O–H groups in total. The van der Waals surface area contributed by atoms with Crippen LogP contribution >= 0.6 is 0 Å². The molecule has 1 atom stereocenters. The maximum Gasteiger partial charge on any atom is 0.255 e. The highest BCUT2D eigenvalue weighted by Gasteiger charge is 2.11. The largest absolute Gasteiger partial charge is 0.469 e. The lowest BCUT2D eigenvalue weighted by molar-refractivity contribution is 0.0933. The summed E-state index contributed by atoms with van der Waals surface area (Å²) in [4.78, 5) is 24.0. The Morgan fingerprint density at radius 2 is 1.83 bits per heavy atom. The van der Waals surface area contributed by atoms with Gasteiger partial charge in [-0.3, -0.25) is 9.59 Å². The van der Waals surface area contributed by atoms with Crippen LogP contribution in [-0.4, -0.2) is 17.9 Å². The van der Waals surface area contributed by atoms with Crippen LogP contribution in [-0.2, 0) is 6.54 Å². The van der Waals surface area contributed by atoms with Crippen molar-refractivity contribution in [1.29, 1.82) is 0 Å². The summed E-state index contributed by atoms with van der Waals surface area (Å²) in [6.07, 6.45) is 2.39. The second kappa shape index (κ2) is 7.63. The summed E-state index contributed by atoms with van der Waals surface area (Å²) in [6.45, 7) is 6.15. The Kier molecular flexibility index (Phi) is 5.57. The molecule has 2 amide bonds. The molecule has 0 bridgehead atoms. The van der Waals surface area contributed by atoms with E-state index in [1.807, 2.05) is 26.0 Å². The number of carbonyl (C=O) groups excluding carboxylic acids is 2. The Labute approximate surface area is 136 Å². The van der Waals surface area contributed by atoms with Crippen molar-refractivity contribution in [1.82, 2.24) is 10.6 Å². The van der Waals surface area contributed by atoms with Crippen molar-refractivity contribution in [2.45, 2.75) is 39.8 Å². The third-order valence-corrected chi connectivity index (χ3v) is 3.76. The van der Waals surface area contributed by atoms with Crippen molar-refractivity contribution in [3.8, 4) is 0 Å². The van der Waals surface area contributed by atoms with Gasteiger partial charge in [0.2, 0.25) is 0 Å². The average Bonchev–Trinajstić information content (AvgIpc) is 2.99. The molecular formula is C18H22N2O3. The van der Waals surface area contributed by atoms with E-state index >= 15 is 0 Å². The van der Waals surface area contributed by atoms with E-state index in [0.29, 0.717) is 23.4 Å². The number of hydrogen-bond acceptors (Lipinski definition) is 3. The van der Waals surface area contributed by atoms with Crippen molar-refractivity contribution in [3.63, 3.8) is 0 Å². The smallest absolute Gasteiger partial charge is 0.255 e.